The Kier molecular flexibility index (Phi) is 15.1. The van der Waals surface area contributed by atoms with Crippen LogP contribution in [0.5, 0.6) is 0 Å². The number of phosphoric acid groups is 1. The number of carbonyl (C=O) groups excluding carboxylic acids is 1. The number of hydrogen-bond donors (Lipinski definition) is 2. The van der Waals surface area contributed by atoms with Gasteiger partial charge in [-0.1, -0.05) is 58.3 Å². The number of carbonyl (C=O) groups is 1. The van der Waals surface area contributed by atoms with E-state index in [2.05, 4.69) is 12.2 Å². The van der Waals surface area contributed by atoms with Crippen LogP contribution in [0.1, 0.15) is 78.1 Å². The molecule has 0 aromatic carbocycles. The number of quaternary nitrogens is 1. The molecule has 0 radical (unpaired) electrons. The third-order valence-corrected chi connectivity index (χ3v) is 5.56. The van der Waals surface area contributed by atoms with Crippen molar-refractivity contribution in [2.75, 3.05) is 40.8 Å². The molecule has 7 nitrogen and oxygen atoms in total. The molecule has 0 aliphatic rings. The minimum atomic E-state index is -4.10. The van der Waals surface area contributed by atoms with Crippen molar-refractivity contribution in [3.05, 3.63) is 0 Å². The number of phosphoric ester groups is 1. The highest BCUT2D eigenvalue weighted by molar-refractivity contribution is 7.47. The van der Waals surface area contributed by atoms with E-state index in [0.717, 1.165) is 12.8 Å². The molecule has 168 valence electrons. The van der Waals surface area contributed by atoms with E-state index in [1.807, 2.05) is 21.1 Å². The van der Waals surface area contributed by atoms with E-state index in [0.29, 0.717) is 17.4 Å². The van der Waals surface area contributed by atoms with Crippen LogP contribution in [0.3, 0.4) is 0 Å². The molecule has 1 amide bonds. The number of likely N-dealkylation sites (N-methyl/N-ethyl adjacent to an activating group) is 1. The van der Waals surface area contributed by atoms with Gasteiger partial charge in [0.25, 0.3) is 0 Å². The van der Waals surface area contributed by atoms with E-state index in [9.17, 15) is 14.3 Å². The number of nitrogens with zero attached hydrogens (tertiary/aromatic N) is 1. The summed E-state index contributed by atoms with van der Waals surface area (Å²) in [5, 5.41) is 2.76. The second kappa shape index (κ2) is 15.4. The highest BCUT2D eigenvalue weighted by Gasteiger charge is 2.25. The van der Waals surface area contributed by atoms with Crippen LogP contribution in [0.25, 0.3) is 0 Å². The molecule has 2 unspecified atom stereocenters. The van der Waals surface area contributed by atoms with Gasteiger partial charge in [0, 0.05) is 13.0 Å². The number of hydrogen-bond acceptors (Lipinski definition) is 4. The minimum absolute atomic E-state index is 0.0443. The second-order valence-corrected chi connectivity index (χ2v) is 10.0. The molecule has 28 heavy (non-hydrogen) atoms. The van der Waals surface area contributed by atoms with Gasteiger partial charge in [-0.15, -0.1) is 0 Å². The van der Waals surface area contributed by atoms with Crippen molar-refractivity contribution in [1.82, 2.24) is 5.32 Å². The lowest BCUT2D eigenvalue weighted by Crippen LogP contribution is -2.37. The summed E-state index contributed by atoms with van der Waals surface area (Å²) in [5.41, 5.74) is 0. The molecule has 0 aliphatic heterocycles. The highest BCUT2D eigenvalue weighted by atomic mass is 31.2. The molecule has 0 aromatic heterocycles. The van der Waals surface area contributed by atoms with Gasteiger partial charge in [0.05, 0.1) is 27.2 Å². The smallest absolute Gasteiger partial charge is 0.353 e. The summed E-state index contributed by atoms with van der Waals surface area (Å²) < 4.78 is 22.6. The number of amides is 1. The lowest BCUT2D eigenvalue weighted by molar-refractivity contribution is -0.870. The zero-order chi connectivity index (χ0) is 21.5. The minimum Gasteiger partial charge on any atom is -0.353 e. The Morgan fingerprint density at radius 3 is 2.11 bits per heavy atom. The Balaban J connectivity index is 3.72. The average molecular weight is 424 g/mol. The van der Waals surface area contributed by atoms with Crippen molar-refractivity contribution in [3.8, 4) is 0 Å². The first kappa shape index (κ1) is 27.5. The lowest BCUT2D eigenvalue weighted by atomic mass is 10.1. The summed E-state index contributed by atoms with van der Waals surface area (Å²) in [5.74, 6) is -0.0443. The fourth-order valence-corrected chi connectivity index (χ4v) is 3.57. The van der Waals surface area contributed by atoms with Crippen LogP contribution in [-0.4, -0.2) is 62.2 Å². The van der Waals surface area contributed by atoms with Gasteiger partial charge in [-0.2, -0.15) is 0 Å². The maximum atomic E-state index is 11.9. The van der Waals surface area contributed by atoms with Gasteiger partial charge >= 0.3 is 7.82 Å². The summed E-state index contributed by atoms with van der Waals surface area (Å²) in [6.07, 6.45) is 10.8. The fraction of sp³-hybridized carbons (Fsp3) is 0.950. The molecule has 0 bridgehead atoms. The Morgan fingerprint density at radius 1 is 1.04 bits per heavy atom. The topological polar surface area (TPSA) is 84.9 Å². The van der Waals surface area contributed by atoms with Crippen molar-refractivity contribution >= 4 is 13.7 Å². The first-order valence-corrected chi connectivity index (χ1v) is 12.3. The summed E-state index contributed by atoms with van der Waals surface area (Å²) in [4.78, 5) is 21.6. The fourth-order valence-electron chi connectivity index (χ4n) is 2.67. The predicted octanol–water partition coefficient (Wildman–Crippen LogP) is 4.25. The normalized spacial score (nSPS) is 15.2. The van der Waals surface area contributed by atoms with Gasteiger partial charge in [-0.25, -0.2) is 4.57 Å². The van der Waals surface area contributed by atoms with Crippen molar-refractivity contribution in [3.63, 3.8) is 0 Å². The molecule has 0 aromatic rings. The second-order valence-electron chi connectivity index (χ2n) is 8.61. The maximum absolute atomic E-state index is 11.9. The number of nitrogens with one attached hydrogen (secondary N) is 1. The predicted molar refractivity (Wildman–Crippen MR) is 114 cm³/mol. The molecule has 2 atom stereocenters. The van der Waals surface area contributed by atoms with Crippen LogP contribution in [0.2, 0.25) is 0 Å². The first-order valence-electron chi connectivity index (χ1n) is 10.8. The van der Waals surface area contributed by atoms with Crippen LogP contribution in [0.4, 0.5) is 0 Å². The van der Waals surface area contributed by atoms with Crippen LogP contribution >= 0.6 is 7.82 Å². The van der Waals surface area contributed by atoms with Crippen LogP contribution in [0, 0.1) is 0 Å². The van der Waals surface area contributed by atoms with Crippen LogP contribution < -0.4 is 5.32 Å². The molecule has 8 heteroatoms. The molecular formula is C20H44N2O5P+. The van der Waals surface area contributed by atoms with Gasteiger partial charge in [-0.3, -0.25) is 13.8 Å². The van der Waals surface area contributed by atoms with E-state index < -0.39 is 13.9 Å². The van der Waals surface area contributed by atoms with Gasteiger partial charge < -0.3 is 14.7 Å². The third-order valence-electron chi connectivity index (χ3n) is 4.42. The molecule has 0 fully saturated rings. The molecule has 0 aliphatic carbocycles. The summed E-state index contributed by atoms with van der Waals surface area (Å²) in [7, 11) is 1.81. The van der Waals surface area contributed by atoms with E-state index >= 15 is 0 Å². The summed E-state index contributed by atoms with van der Waals surface area (Å²) >= 11 is 0. The van der Waals surface area contributed by atoms with Crippen molar-refractivity contribution < 1.29 is 27.8 Å². The van der Waals surface area contributed by atoms with Crippen LogP contribution in [-0.2, 0) is 18.4 Å². The van der Waals surface area contributed by atoms with Crippen LogP contribution in [0.15, 0.2) is 0 Å². The lowest BCUT2D eigenvalue weighted by Gasteiger charge is -2.24. The molecule has 0 heterocycles. The summed E-state index contributed by atoms with van der Waals surface area (Å²) in [6, 6.07) is 0. The Morgan fingerprint density at radius 2 is 1.57 bits per heavy atom. The molecule has 0 saturated carbocycles. The standard InChI is InChI=1S/C20H43N2O5P/c1-6-7-8-9-10-11-12-13-14-15-20(23)21-18-19(2)27-28(24,25)26-17-16-22(3,4)5/h19H,6-18H2,1-5H3,(H-,21,23,24,25)/p+1. The maximum Gasteiger partial charge on any atom is 0.472 e. The largest absolute Gasteiger partial charge is 0.472 e. The quantitative estimate of drug-likeness (QED) is 0.196. The monoisotopic (exact) mass is 423 g/mol. The van der Waals surface area contributed by atoms with E-state index in [1.165, 1.54) is 44.9 Å². The van der Waals surface area contributed by atoms with Gasteiger partial charge in [0.1, 0.15) is 13.2 Å². The third kappa shape index (κ3) is 18.9. The van der Waals surface area contributed by atoms with E-state index in [-0.39, 0.29) is 19.1 Å². The zero-order valence-electron chi connectivity index (χ0n) is 18.7. The van der Waals surface area contributed by atoms with Crippen molar-refractivity contribution in [2.45, 2.75) is 84.2 Å². The molecule has 2 N–H and O–H groups in total. The Labute approximate surface area is 172 Å². The average Bonchev–Trinajstić information content (AvgIpc) is 2.56. The van der Waals surface area contributed by atoms with Crippen molar-refractivity contribution in [2.24, 2.45) is 0 Å². The van der Waals surface area contributed by atoms with E-state index in [1.54, 1.807) is 6.92 Å². The molecule has 0 rings (SSSR count). The first-order chi connectivity index (χ1) is 13.1. The van der Waals surface area contributed by atoms with Gasteiger partial charge in [-0.05, 0) is 13.3 Å². The SMILES string of the molecule is CCCCCCCCCCCC(=O)NCC(C)OP(=O)(O)OCC[N+](C)(C)C. The summed E-state index contributed by atoms with van der Waals surface area (Å²) in [6.45, 7) is 4.79. The Hall–Kier alpha value is -0.460. The van der Waals surface area contributed by atoms with Crippen molar-refractivity contribution in [1.29, 1.82) is 0 Å². The molecule has 0 saturated heterocycles. The van der Waals surface area contributed by atoms with Gasteiger partial charge in [0.15, 0.2) is 0 Å². The number of unbranched alkanes of at least 4 members (excludes halogenated alkanes) is 8. The molecular weight excluding hydrogens is 379 g/mol. The van der Waals surface area contributed by atoms with Gasteiger partial charge in [0.2, 0.25) is 5.91 Å². The zero-order valence-corrected chi connectivity index (χ0v) is 19.6. The number of rotatable bonds is 18. The van der Waals surface area contributed by atoms with E-state index in [4.69, 9.17) is 9.05 Å². The highest BCUT2D eigenvalue weighted by Crippen LogP contribution is 2.44. The molecule has 0 spiro atoms. The Bertz CT molecular complexity index is 454.